The minimum atomic E-state index is 0.191. The molecule has 0 saturated carbocycles. The fourth-order valence-corrected chi connectivity index (χ4v) is 3.34. The molecule has 0 amide bonds. The van der Waals surface area contributed by atoms with Crippen LogP contribution in [0.5, 0.6) is 0 Å². The maximum absolute atomic E-state index is 4.17. The van der Waals surface area contributed by atoms with E-state index in [1.54, 1.807) is 11.3 Å². The van der Waals surface area contributed by atoms with E-state index in [1.807, 2.05) is 10.9 Å². The lowest BCUT2D eigenvalue weighted by Crippen LogP contribution is -2.24. The van der Waals surface area contributed by atoms with E-state index in [-0.39, 0.29) is 6.04 Å². The van der Waals surface area contributed by atoms with Crippen LogP contribution in [-0.2, 0) is 6.54 Å². The third kappa shape index (κ3) is 3.10. The SMILES string of the molecule is CCCn1nncc1C(NCC)c1csc(I)c1. The monoisotopic (exact) mass is 376 g/mol. The fraction of sp³-hybridized carbons (Fsp3) is 0.500. The molecule has 0 fully saturated rings. The van der Waals surface area contributed by atoms with Crippen LogP contribution in [0.15, 0.2) is 17.6 Å². The van der Waals surface area contributed by atoms with Gasteiger partial charge in [0, 0.05) is 6.54 Å². The molecule has 0 aliphatic rings. The summed E-state index contributed by atoms with van der Waals surface area (Å²) in [5.74, 6) is 0. The highest BCUT2D eigenvalue weighted by Crippen LogP contribution is 2.27. The van der Waals surface area contributed by atoms with Crippen molar-refractivity contribution in [2.75, 3.05) is 6.54 Å². The standard InChI is InChI=1S/C12H17IN4S/c1-3-5-17-10(7-15-16-17)12(14-4-2)9-6-11(13)18-8-9/h6-8,12,14H,3-5H2,1-2H3. The summed E-state index contributed by atoms with van der Waals surface area (Å²) in [5, 5.41) is 13.9. The molecule has 98 valence electrons. The van der Waals surface area contributed by atoms with Crippen LogP contribution in [0.1, 0.15) is 37.6 Å². The summed E-state index contributed by atoms with van der Waals surface area (Å²) in [7, 11) is 0. The van der Waals surface area contributed by atoms with Crippen LogP contribution in [0.25, 0.3) is 0 Å². The topological polar surface area (TPSA) is 42.7 Å². The van der Waals surface area contributed by atoms with Gasteiger partial charge in [0.25, 0.3) is 0 Å². The summed E-state index contributed by atoms with van der Waals surface area (Å²) < 4.78 is 3.30. The fourth-order valence-electron chi connectivity index (χ4n) is 1.95. The van der Waals surface area contributed by atoms with Crippen molar-refractivity contribution >= 4 is 33.9 Å². The summed E-state index contributed by atoms with van der Waals surface area (Å²) >= 11 is 4.13. The van der Waals surface area contributed by atoms with Gasteiger partial charge in [0.05, 0.1) is 20.8 Å². The minimum absolute atomic E-state index is 0.191. The van der Waals surface area contributed by atoms with Gasteiger partial charge in [0.1, 0.15) is 0 Å². The molecule has 0 aromatic carbocycles. The second kappa shape index (κ2) is 6.63. The molecular weight excluding hydrogens is 359 g/mol. The lowest BCUT2D eigenvalue weighted by atomic mass is 10.1. The highest BCUT2D eigenvalue weighted by molar-refractivity contribution is 14.1. The van der Waals surface area contributed by atoms with E-state index >= 15 is 0 Å². The smallest absolute Gasteiger partial charge is 0.0802 e. The van der Waals surface area contributed by atoms with Gasteiger partial charge in [-0.3, -0.25) is 0 Å². The Hall–Kier alpha value is -0.470. The van der Waals surface area contributed by atoms with Gasteiger partial charge in [-0.2, -0.15) is 0 Å². The molecule has 0 saturated heterocycles. The number of aryl methyl sites for hydroxylation is 1. The Kier molecular flexibility index (Phi) is 5.13. The maximum Gasteiger partial charge on any atom is 0.0802 e. The number of aromatic nitrogens is 3. The third-order valence-corrected chi connectivity index (χ3v) is 4.52. The lowest BCUT2D eigenvalue weighted by molar-refractivity contribution is 0.512. The number of nitrogens with zero attached hydrogens (tertiary/aromatic N) is 3. The van der Waals surface area contributed by atoms with E-state index in [0.717, 1.165) is 25.2 Å². The van der Waals surface area contributed by atoms with E-state index in [9.17, 15) is 0 Å². The predicted molar refractivity (Wildman–Crippen MR) is 82.9 cm³/mol. The molecule has 0 spiro atoms. The van der Waals surface area contributed by atoms with Gasteiger partial charge in [0.2, 0.25) is 0 Å². The lowest BCUT2D eigenvalue weighted by Gasteiger charge is -2.17. The van der Waals surface area contributed by atoms with Crippen molar-refractivity contribution in [3.63, 3.8) is 0 Å². The van der Waals surface area contributed by atoms with Gasteiger partial charge in [-0.25, -0.2) is 4.68 Å². The molecule has 6 heteroatoms. The molecule has 4 nitrogen and oxygen atoms in total. The van der Waals surface area contributed by atoms with E-state index < -0.39 is 0 Å². The van der Waals surface area contributed by atoms with E-state index in [2.05, 4.69) is 63.5 Å². The summed E-state index contributed by atoms with van der Waals surface area (Å²) in [6, 6.07) is 2.42. The molecule has 1 atom stereocenters. The molecule has 0 bridgehead atoms. The van der Waals surface area contributed by atoms with Crippen LogP contribution < -0.4 is 5.32 Å². The molecule has 2 heterocycles. The number of nitrogens with one attached hydrogen (secondary N) is 1. The number of halogens is 1. The van der Waals surface area contributed by atoms with Crippen molar-refractivity contribution < 1.29 is 0 Å². The second-order valence-electron chi connectivity index (χ2n) is 4.06. The van der Waals surface area contributed by atoms with Crippen LogP contribution in [0.4, 0.5) is 0 Å². The largest absolute Gasteiger partial charge is 0.305 e. The van der Waals surface area contributed by atoms with Crippen molar-refractivity contribution in [2.45, 2.75) is 32.9 Å². The molecule has 2 rings (SSSR count). The summed E-state index contributed by atoms with van der Waals surface area (Å²) in [4.78, 5) is 0. The van der Waals surface area contributed by atoms with Crippen molar-refractivity contribution in [3.05, 3.63) is 31.8 Å². The molecular formula is C12H17IN4S. The zero-order valence-electron chi connectivity index (χ0n) is 10.6. The van der Waals surface area contributed by atoms with Crippen LogP contribution in [0.2, 0.25) is 0 Å². The zero-order chi connectivity index (χ0) is 13.0. The first-order valence-corrected chi connectivity index (χ1v) is 8.07. The van der Waals surface area contributed by atoms with Gasteiger partial charge in [0.15, 0.2) is 0 Å². The molecule has 1 N–H and O–H groups in total. The Bertz CT molecular complexity index is 494. The van der Waals surface area contributed by atoms with E-state index in [4.69, 9.17) is 0 Å². The summed E-state index contributed by atoms with van der Waals surface area (Å²) in [5.41, 5.74) is 2.44. The van der Waals surface area contributed by atoms with Crippen LogP contribution >= 0.6 is 33.9 Å². The van der Waals surface area contributed by atoms with Gasteiger partial charge in [-0.05, 0) is 52.6 Å². The van der Waals surface area contributed by atoms with Crippen molar-refractivity contribution in [1.82, 2.24) is 20.3 Å². The van der Waals surface area contributed by atoms with Gasteiger partial charge in [-0.1, -0.05) is 19.1 Å². The predicted octanol–water partition coefficient (Wildman–Crippen LogP) is 3.05. The molecule has 0 aliphatic carbocycles. The van der Waals surface area contributed by atoms with E-state index in [1.165, 1.54) is 8.45 Å². The minimum Gasteiger partial charge on any atom is -0.305 e. The normalized spacial score (nSPS) is 12.8. The Morgan fingerprint density at radius 3 is 2.94 bits per heavy atom. The van der Waals surface area contributed by atoms with Gasteiger partial charge in [-0.15, -0.1) is 16.4 Å². The Morgan fingerprint density at radius 2 is 2.33 bits per heavy atom. The first-order valence-electron chi connectivity index (χ1n) is 6.12. The average Bonchev–Trinajstić information content (AvgIpc) is 2.96. The highest BCUT2D eigenvalue weighted by atomic mass is 127. The quantitative estimate of drug-likeness (QED) is 0.789. The number of hydrogen-bond donors (Lipinski definition) is 1. The highest BCUT2D eigenvalue weighted by Gasteiger charge is 2.19. The van der Waals surface area contributed by atoms with Crippen LogP contribution in [-0.4, -0.2) is 21.5 Å². The summed E-state index contributed by atoms with van der Waals surface area (Å²) in [6.45, 7) is 6.12. The van der Waals surface area contributed by atoms with Crippen LogP contribution in [0.3, 0.4) is 0 Å². The number of rotatable bonds is 6. The zero-order valence-corrected chi connectivity index (χ0v) is 13.5. The van der Waals surface area contributed by atoms with Crippen LogP contribution in [0, 0.1) is 2.88 Å². The first-order chi connectivity index (χ1) is 8.76. The number of thiophene rings is 1. The third-order valence-electron chi connectivity index (χ3n) is 2.71. The Labute approximate surface area is 125 Å². The Balaban J connectivity index is 2.31. The van der Waals surface area contributed by atoms with Crippen molar-refractivity contribution in [1.29, 1.82) is 0 Å². The molecule has 0 aliphatic heterocycles. The Morgan fingerprint density at radius 1 is 1.50 bits per heavy atom. The van der Waals surface area contributed by atoms with E-state index in [0.29, 0.717) is 0 Å². The molecule has 18 heavy (non-hydrogen) atoms. The van der Waals surface area contributed by atoms with Crippen molar-refractivity contribution in [3.8, 4) is 0 Å². The molecule has 1 unspecified atom stereocenters. The molecule has 0 radical (unpaired) electrons. The summed E-state index contributed by atoms with van der Waals surface area (Å²) in [6.07, 6.45) is 2.93. The number of hydrogen-bond acceptors (Lipinski definition) is 4. The van der Waals surface area contributed by atoms with Crippen molar-refractivity contribution in [2.24, 2.45) is 0 Å². The second-order valence-corrected chi connectivity index (χ2v) is 6.86. The van der Waals surface area contributed by atoms with Gasteiger partial charge >= 0.3 is 0 Å². The van der Waals surface area contributed by atoms with Gasteiger partial charge < -0.3 is 5.32 Å². The maximum atomic E-state index is 4.17. The molecule has 2 aromatic heterocycles. The molecule has 2 aromatic rings. The first kappa shape index (κ1) is 14.0. The average molecular weight is 376 g/mol.